The number of nitrogens with one attached hydrogen (secondary N) is 1. The lowest BCUT2D eigenvalue weighted by molar-refractivity contribution is -0.122. The van der Waals surface area contributed by atoms with E-state index in [1.807, 2.05) is 24.1 Å². The zero-order valence-electron chi connectivity index (χ0n) is 11.3. The van der Waals surface area contributed by atoms with Crippen molar-refractivity contribution in [1.82, 2.24) is 10.3 Å². The van der Waals surface area contributed by atoms with Crippen LogP contribution in [0.3, 0.4) is 0 Å². The van der Waals surface area contributed by atoms with Crippen LogP contribution >= 0.6 is 0 Å². The Morgan fingerprint density at radius 2 is 2.28 bits per heavy atom. The summed E-state index contributed by atoms with van der Waals surface area (Å²) in [6.45, 7) is 5.07. The van der Waals surface area contributed by atoms with E-state index < -0.39 is 0 Å². The molecule has 1 amide bonds. The first-order chi connectivity index (χ1) is 8.56. The number of nitrogens with zero attached hydrogens (tertiary/aromatic N) is 2. The van der Waals surface area contributed by atoms with E-state index >= 15 is 0 Å². The van der Waals surface area contributed by atoms with Crippen LogP contribution in [-0.2, 0) is 4.79 Å². The Labute approximate surface area is 108 Å². The smallest absolute Gasteiger partial charge is 0.244 e. The molecule has 1 fully saturated rings. The molecule has 2 rings (SSSR count). The van der Waals surface area contributed by atoms with Gasteiger partial charge in [0, 0.05) is 12.7 Å². The minimum absolute atomic E-state index is 0.0111. The van der Waals surface area contributed by atoms with E-state index in [-0.39, 0.29) is 17.4 Å². The molecule has 1 saturated heterocycles. The van der Waals surface area contributed by atoms with E-state index in [0.717, 1.165) is 25.1 Å². The first-order valence-corrected chi connectivity index (χ1v) is 6.45. The van der Waals surface area contributed by atoms with Crippen molar-refractivity contribution in [3.8, 4) is 0 Å². The molecule has 0 radical (unpaired) electrons. The van der Waals surface area contributed by atoms with Crippen molar-refractivity contribution < 1.29 is 4.79 Å². The van der Waals surface area contributed by atoms with Crippen molar-refractivity contribution in [2.24, 2.45) is 5.41 Å². The van der Waals surface area contributed by atoms with Crippen molar-refractivity contribution in [2.75, 3.05) is 18.5 Å². The number of rotatable bonds is 2. The fourth-order valence-electron chi connectivity index (χ4n) is 2.72. The van der Waals surface area contributed by atoms with Gasteiger partial charge in [-0.2, -0.15) is 0 Å². The van der Waals surface area contributed by atoms with Crippen molar-refractivity contribution >= 4 is 11.6 Å². The molecule has 4 nitrogen and oxygen atoms in total. The number of hydrogen-bond donors (Lipinski definition) is 1. The summed E-state index contributed by atoms with van der Waals surface area (Å²) in [6, 6.07) is 3.67. The summed E-state index contributed by atoms with van der Waals surface area (Å²) in [4.78, 5) is 18.6. The fraction of sp³-hybridized carbons (Fsp3) is 0.571. The van der Waals surface area contributed by atoms with Crippen LogP contribution in [0.1, 0.15) is 26.7 Å². The molecule has 0 aromatic carbocycles. The van der Waals surface area contributed by atoms with Gasteiger partial charge in [-0.15, -0.1) is 0 Å². The highest BCUT2D eigenvalue weighted by molar-refractivity contribution is 5.97. The molecule has 0 aliphatic carbocycles. The van der Waals surface area contributed by atoms with Crippen LogP contribution in [0, 0.1) is 5.41 Å². The van der Waals surface area contributed by atoms with Gasteiger partial charge in [-0.1, -0.05) is 13.8 Å². The average Bonchev–Trinajstić information content (AvgIpc) is 2.46. The van der Waals surface area contributed by atoms with E-state index in [1.54, 1.807) is 12.4 Å². The summed E-state index contributed by atoms with van der Waals surface area (Å²) in [5, 5.41) is 3.17. The SMILES string of the molecule is CNC1C(=O)N(c2cccnc2)CCCC1(C)C. The summed E-state index contributed by atoms with van der Waals surface area (Å²) >= 11 is 0. The maximum Gasteiger partial charge on any atom is 0.244 e. The molecule has 1 aliphatic rings. The summed E-state index contributed by atoms with van der Waals surface area (Å²) < 4.78 is 0. The monoisotopic (exact) mass is 247 g/mol. The molecular weight excluding hydrogens is 226 g/mol. The molecule has 0 spiro atoms. The van der Waals surface area contributed by atoms with Crippen LogP contribution in [-0.4, -0.2) is 30.5 Å². The summed E-state index contributed by atoms with van der Waals surface area (Å²) in [5.41, 5.74) is 0.878. The highest BCUT2D eigenvalue weighted by atomic mass is 16.2. The lowest BCUT2D eigenvalue weighted by atomic mass is 9.80. The number of carbonyl (C=O) groups excluding carboxylic acids is 1. The number of anilines is 1. The van der Waals surface area contributed by atoms with Gasteiger partial charge < -0.3 is 10.2 Å². The van der Waals surface area contributed by atoms with Crippen molar-refractivity contribution in [1.29, 1.82) is 0 Å². The molecule has 1 atom stereocenters. The molecule has 2 heterocycles. The molecule has 1 aromatic rings. The van der Waals surface area contributed by atoms with Gasteiger partial charge in [-0.05, 0) is 37.4 Å². The van der Waals surface area contributed by atoms with Gasteiger partial charge >= 0.3 is 0 Å². The fourth-order valence-corrected chi connectivity index (χ4v) is 2.72. The first-order valence-electron chi connectivity index (χ1n) is 6.45. The number of likely N-dealkylation sites (N-methyl/N-ethyl adjacent to an activating group) is 1. The van der Waals surface area contributed by atoms with Crippen LogP contribution in [0.2, 0.25) is 0 Å². The van der Waals surface area contributed by atoms with E-state index in [2.05, 4.69) is 24.1 Å². The molecule has 4 heteroatoms. The zero-order chi connectivity index (χ0) is 13.2. The van der Waals surface area contributed by atoms with Crippen molar-refractivity contribution in [3.05, 3.63) is 24.5 Å². The van der Waals surface area contributed by atoms with Gasteiger partial charge in [0.1, 0.15) is 0 Å². The lowest BCUT2D eigenvalue weighted by Gasteiger charge is -2.32. The Bertz CT molecular complexity index is 416. The Morgan fingerprint density at radius 3 is 2.89 bits per heavy atom. The van der Waals surface area contributed by atoms with Crippen LogP contribution < -0.4 is 10.2 Å². The molecule has 98 valence electrons. The molecule has 0 bridgehead atoms. The third kappa shape index (κ3) is 2.38. The van der Waals surface area contributed by atoms with E-state index in [0.29, 0.717) is 0 Å². The molecule has 1 unspecified atom stereocenters. The summed E-state index contributed by atoms with van der Waals surface area (Å²) in [7, 11) is 1.86. The molecule has 1 aromatic heterocycles. The molecule has 0 saturated carbocycles. The zero-order valence-corrected chi connectivity index (χ0v) is 11.3. The third-order valence-corrected chi connectivity index (χ3v) is 3.74. The summed E-state index contributed by atoms with van der Waals surface area (Å²) in [5.74, 6) is 0.146. The standard InChI is InChI=1S/C14H21N3O/c1-14(2)7-5-9-17(13(18)12(14)15-3)11-6-4-8-16-10-11/h4,6,8,10,12,15H,5,7,9H2,1-3H3. The summed E-state index contributed by atoms with van der Waals surface area (Å²) in [6.07, 6.45) is 5.54. The second-order valence-electron chi connectivity index (χ2n) is 5.51. The molecule has 1 N–H and O–H groups in total. The maximum atomic E-state index is 12.6. The van der Waals surface area contributed by atoms with Crippen molar-refractivity contribution in [3.63, 3.8) is 0 Å². The van der Waals surface area contributed by atoms with Gasteiger partial charge in [0.2, 0.25) is 5.91 Å². The number of hydrogen-bond acceptors (Lipinski definition) is 3. The Balaban J connectivity index is 2.31. The van der Waals surface area contributed by atoms with Gasteiger partial charge in [-0.3, -0.25) is 9.78 Å². The first kappa shape index (κ1) is 13.0. The van der Waals surface area contributed by atoms with Gasteiger partial charge in [0.15, 0.2) is 0 Å². The maximum absolute atomic E-state index is 12.6. The van der Waals surface area contributed by atoms with Crippen molar-refractivity contribution in [2.45, 2.75) is 32.7 Å². The number of carbonyl (C=O) groups is 1. The Morgan fingerprint density at radius 1 is 1.50 bits per heavy atom. The predicted octanol–water partition coefficient (Wildman–Crippen LogP) is 1.82. The minimum Gasteiger partial charge on any atom is -0.310 e. The molecule has 1 aliphatic heterocycles. The number of amides is 1. The van der Waals surface area contributed by atoms with Gasteiger partial charge in [0.25, 0.3) is 0 Å². The largest absolute Gasteiger partial charge is 0.310 e. The highest BCUT2D eigenvalue weighted by Gasteiger charge is 2.39. The Kier molecular flexibility index (Phi) is 3.66. The Hall–Kier alpha value is -1.42. The quantitative estimate of drug-likeness (QED) is 0.867. The minimum atomic E-state index is -0.139. The third-order valence-electron chi connectivity index (χ3n) is 3.74. The second kappa shape index (κ2) is 5.06. The van der Waals surface area contributed by atoms with E-state index in [4.69, 9.17) is 0 Å². The predicted molar refractivity (Wildman–Crippen MR) is 72.5 cm³/mol. The topological polar surface area (TPSA) is 45.2 Å². The lowest BCUT2D eigenvalue weighted by Crippen LogP contribution is -2.51. The van der Waals surface area contributed by atoms with Gasteiger partial charge in [-0.25, -0.2) is 0 Å². The molecular formula is C14H21N3O. The van der Waals surface area contributed by atoms with Crippen LogP contribution in [0.25, 0.3) is 0 Å². The average molecular weight is 247 g/mol. The van der Waals surface area contributed by atoms with Crippen LogP contribution in [0.5, 0.6) is 0 Å². The number of aromatic nitrogens is 1. The van der Waals surface area contributed by atoms with E-state index in [1.165, 1.54) is 0 Å². The highest BCUT2D eigenvalue weighted by Crippen LogP contribution is 2.32. The number of pyridine rings is 1. The van der Waals surface area contributed by atoms with Crippen LogP contribution in [0.15, 0.2) is 24.5 Å². The second-order valence-corrected chi connectivity index (χ2v) is 5.51. The van der Waals surface area contributed by atoms with E-state index in [9.17, 15) is 4.79 Å². The molecule has 18 heavy (non-hydrogen) atoms. The van der Waals surface area contributed by atoms with Gasteiger partial charge in [0.05, 0.1) is 17.9 Å². The van der Waals surface area contributed by atoms with Crippen LogP contribution in [0.4, 0.5) is 5.69 Å². The normalized spacial score (nSPS) is 23.8.